The number of aromatic amines is 1. The predicted octanol–water partition coefficient (Wildman–Crippen LogP) is 2.36. The molecule has 1 aliphatic rings. The predicted molar refractivity (Wildman–Crippen MR) is 130 cm³/mol. The lowest BCUT2D eigenvalue weighted by molar-refractivity contribution is 0.102. The van der Waals surface area contributed by atoms with Crippen molar-refractivity contribution in [1.29, 1.82) is 0 Å². The van der Waals surface area contributed by atoms with E-state index in [9.17, 15) is 22.8 Å². The summed E-state index contributed by atoms with van der Waals surface area (Å²) in [5.41, 5.74) is 0.132. The number of thiazole rings is 1. The van der Waals surface area contributed by atoms with E-state index >= 15 is 0 Å². The molecule has 0 radical (unpaired) electrons. The number of nitrogens with zero attached hydrogens (tertiary/aromatic N) is 3. The van der Waals surface area contributed by atoms with Crippen molar-refractivity contribution in [3.8, 4) is 0 Å². The topological polar surface area (TPSA) is 134 Å². The molecule has 10 nitrogen and oxygen atoms in total. The fraction of sp³-hybridized carbons (Fsp3) is 0.273. The number of carbonyl (C=O) groups excluding carboxylic acids is 1. The van der Waals surface area contributed by atoms with E-state index in [0.29, 0.717) is 33.8 Å². The van der Waals surface area contributed by atoms with Crippen molar-refractivity contribution in [3.05, 3.63) is 62.8 Å². The van der Waals surface area contributed by atoms with Crippen LogP contribution < -0.4 is 16.6 Å². The number of hydrogen-bond acceptors (Lipinski definition) is 7. The molecule has 2 aromatic carbocycles. The van der Waals surface area contributed by atoms with Gasteiger partial charge in [0.15, 0.2) is 5.13 Å². The molecule has 1 saturated heterocycles. The monoisotopic (exact) mass is 499 g/mol. The summed E-state index contributed by atoms with van der Waals surface area (Å²) in [5, 5.41) is 3.33. The number of sulfonamides is 1. The second-order valence-corrected chi connectivity index (χ2v) is 10.9. The van der Waals surface area contributed by atoms with Gasteiger partial charge in [-0.3, -0.25) is 19.5 Å². The zero-order valence-electron chi connectivity index (χ0n) is 18.2. The van der Waals surface area contributed by atoms with Crippen LogP contribution >= 0.6 is 11.3 Å². The van der Waals surface area contributed by atoms with Gasteiger partial charge < -0.3 is 4.98 Å². The van der Waals surface area contributed by atoms with Crippen molar-refractivity contribution in [2.45, 2.75) is 31.2 Å². The highest BCUT2D eigenvalue weighted by molar-refractivity contribution is 7.89. The summed E-state index contributed by atoms with van der Waals surface area (Å²) in [6.07, 6.45) is 1.71. The molecule has 1 fully saturated rings. The van der Waals surface area contributed by atoms with E-state index in [4.69, 9.17) is 0 Å². The second kappa shape index (κ2) is 8.46. The van der Waals surface area contributed by atoms with Crippen LogP contribution in [0, 0.1) is 0 Å². The van der Waals surface area contributed by atoms with E-state index in [2.05, 4.69) is 15.3 Å². The van der Waals surface area contributed by atoms with Gasteiger partial charge in [0.2, 0.25) is 10.0 Å². The van der Waals surface area contributed by atoms with Gasteiger partial charge in [-0.1, -0.05) is 11.3 Å². The first-order valence-corrected chi connectivity index (χ1v) is 13.0. The van der Waals surface area contributed by atoms with Crippen LogP contribution in [0.2, 0.25) is 0 Å². The number of anilines is 1. The molecule has 2 aromatic heterocycles. The Bertz CT molecular complexity index is 1660. The van der Waals surface area contributed by atoms with Crippen LogP contribution in [0.15, 0.2) is 50.9 Å². The first-order chi connectivity index (χ1) is 16.3. The minimum absolute atomic E-state index is 0.208. The highest BCUT2D eigenvalue weighted by Gasteiger charge is 2.27. The number of aromatic nitrogens is 3. The third kappa shape index (κ3) is 3.83. The molecule has 1 aliphatic heterocycles. The Balaban J connectivity index is 1.42. The molecule has 2 N–H and O–H groups in total. The molecule has 0 spiro atoms. The maximum absolute atomic E-state index is 12.8. The highest BCUT2D eigenvalue weighted by Crippen LogP contribution is 2.30. The fourth-order valence-electron chi connectivity index (χ4n) is 4.05. The van der Waals surface area contributed by atoms with E-state index in [1.807, 2.05) is 0 Å². The number of H-pyrrole nitrogens is 1. The lowest BCUT2D eigenvalue weighted by Gasteiger charge is -2.15. The normalized spacial score (nSPS) is 14.7. The Morgan fingerprint density at radius 1 is 1.15 bits per heavy atom. The molecular formula is C22H21N5O5S2. The molecule has 3 heterocycles. The van der Waals surface area contributed by atoms with Gasteiger partial charge in [-0.15, -0.1) is 0 Å². The van der Waals surface area contributed by atoms with Gasteiger partial charge in [0, 0.05) is 25.2 Å². The Hall–Kier alpha value is -3.35. The molecule has 0 saturated carbocycles. The van der Waals surface area contributed by atoms with Crippen molar-refractivity contribution in [2.75, 3.05) is 18.4 Å². The van der Waals surface area contributed by atoms with Gasteiger partial charge in [0.25, 0.3) is 11.5 Å². The first kappa shape index (κ1) is 22.4. The molecule has 0 unspecified atom stereocenters. The number of carbonyl (C=O) groups is 1. The molecule has 176 valence electrons. The van der Waals surface area contributed by atoms with Crippen molar-refractivity contribution >= 4 is 53.5 Å². The number of amides is 1. The van der Waals surface area contributed by atoms with Crippen LogP contribution in [-0.4, -0.2) is 46.3 Å². The van der Waals surface area contributed by atoms with E-state index in [-0.39, 0.29) is 22.5 Å². The van der Waals surface area contributed by atoms with E-state index < -0.39 is 27.2 Å². The van der Waals surface area contributed by atoms with Crippen LogP contribution in [0.25, 0.3) is 21.1 Å². The summed E-state index contributed by atoms with van der Waals surface area (Å²) in [4.78, 5) is 44.5. The molecule has 4 aromatic rings. The van der Waals surface area contributed by atoms with Crippen LogP contribution in [0.3, 0.4) is 0 Å². The zero-order valence-corrected chi connectivity index (χ0v) is 19.8. The first-order valence-electron chi connectivity index (χ1n) is 10.8. The Morgan fingerprint density at radius 3 is 2.65 bits per heavy atom. The van der Waals surface area contributed by atoms with Gasteiger partial charge in [-0.2, -0.15) is 4.31 Å². The number of benzene rings is 2. The summed E-state index contributed by atoms with van der Waals surface area (Å²) in [6.45, 7) is 2.99. The average Bonchev–Trinajstić information content (AvgIpc) is 3.48. The van der Waals surface area contributed by atoms with Crippen molar-refractivity contribution in [3.63, 3.8) is 0 Å². The summed E-state index contributed by atoms with van der Waals surface area (Å²) in [5.74, 6) is -0.466. The second-order valence-electron chi connectivity index (χ2n) is 7.95. The Morgan fingerprint density at radius 2 is 1.91 bits per heavy atom. The summed E-state index contributed by atoms with van der Waals surface area (Å²) < 4.78 is 28.9. The Labute approximate surface area is 197 Å². The average molecular weight is 500 g/mol. The van der Waals surface area contributed by atoms with E-state index in [0.717, 1.165) is 17.4 Å². The van der Waals surface area contributed by atoms with Crippen LogP contribution in [0.1, 0.15) is 30.1 Å². The standard InChI is InChI=1S/C22H21N5O5S2/c1-2-27-20(29)15-7-5-13(11-17(15)24-22(27)30)19(28)25-21-23-16-8-6-14(12-18(16)33-21)34(31,32)26-9-3-4-10-26/h5-8,11-12H,2-4,9-10H2,1H3,(H,24,30)(H,23,25,28). The summed E-state index contributed by atoms with van der Waals surface area (Å²) >= 11 is 1.17. The lowest BCUT2D eigenvalue weighted by Crippen LogP contribution is -2.34. The molecular weight excluding hydrogens is 478 g/mol. The van der Waals surface area contributed by atoms with Crippen LogP contribution in [0.5, 0.6) is 0 Å². The number of rotatable bonds is 5. The molecule has 0 aliphatic carbocycles. The third-order valence-electron chi connectivity index (χ3n) is 5.84. The van der Waals surface area contributed by atoms with E-state index in [1.54, 1.807) is 19.1 Å². The van der Waals surface area contributed by atoms with E-state index in [1.165, 1.54) is 39.9 Å². The van der Waals surface area contributed by atoms with Gasteiger partial charge in [-0.05, 0) is 56.2 Å². The fourth-order valence-corrected chi connectivity index (χ4v) is 6.57. The maximum Gasteiger partial charge on any atom is 0.328 e. The molecule has 1 amide bonds. The van der Waals surface area contributed by atoms with Crippen molar-refractivity contribution < 1.29 is 13.2 Å². The minimum Gasteiger partial charge on any atom is -0.307 e. The zero-order chi connectivity index (χ0) is 24.0. The molecule has 34 heavy (non-hydrogen) atoms. The summed E-state index contributed by atoms with van der Waals surface area (Å²) in [6, 6.07) is 9.19. The van der Waals surface area contributed by atoms with Gasteiger partial charge in [0.05, 0.1) is 26.0 Å². The minimum atomic E-state index is -3.55. The number of hydrogen-bond donors (Lipinski definition) is 2. The maximum atomic E-state index is 12.8. The molecule has 5 rings (SSSR count). The van der Waals surface area contributed by atoms with Crippen LogP contribution in [-0.2, 0) is 16.6 Å². The number of nitrogens with one attached hydrogen (secondary N) is 2. The van der Waals surface area contributed by atoms with Crippen LogP contribution in [0.4, 0.5) is 5.13 Å². The lowest BCUT2D eigenvalue weighted by atomic mass is 10.1. The SMILES string of the molecule is CCn1c(=O)[nH]c2cc(C(=O)Nc3nc4ccc(S(=O)(=O)N5CCCC5)cc4s3)ccc2c1=O. The van der Waals surface area contributed by atoms with Gasteiger partial charge >= 0.3 is 5.69 Å². The van der Waals surface area contributed by atoms with Crippen molar-refractivity contribution in [2.24, 2.45) is 0 Å². The smallest absolute Gasteiger partial charge is 0.307 e. The Kier molecular flexibility index (Phi) is 5.58. The largest absolute Gasteiger partial charge is 0.328 e. The number of fused-ring (bicyclic) bond motifs is 2. The molecule has 0 atom stereocenters. The van der Waals surface area contributed by atoms with Crippen molar-refractivity contribution in [1.82, 2.24) is 18.8 Å². The molecule has 0 bridgehead atoms. The van der Waals surface area contributed by atoms with Gasteiger partial charge in [-0.25, -0.2) is 18.2 Å². The summed E-state index contributed by atoms with van der Waals surface area (Å²) in [7, 11) is -3.55. The highest BCUT2D eigenvalue weighted by atomic mass is 32.2. The third-order valence-corrected chi connectivity index (χ3v) is 8.67. The van der Waals surface area contributed by atoms with Gasteiger partial charge in [0.1, 0.15) is 0 Å². The molecule has 12 heteroatoms. The quantitative estimate of drug-likeness (QED) is 0.433.